The van der Waals surface area contributed by atoms with Gasteiger partial charge < -0.3 is 25.0 Å². The summed E-state index contributed by atoms with van der Waals surface area (Å²) in [5, 5.41) is 0. The molecule has 1 atom stereocenters. The second kappa shape index (κ2) is 10.3. The maximum atomic E-state index is 12.8. The van der Waals surface area contributed by atoms with Crippen LogP contribution in [0.25, 0.3) is 0 Å². The maximum Gasteiger partial charge on any atom is 0.263 e. The summed E-state index contributed by atoms with van der Waals surface area (Å²) in [5.74, 6) is 0.611. The predicted molar refractivity (Wildman–Crippen MR) is 113 cm³/mol. The van der Waals surface area contributed by atoms with Crippen molar-refractivity contribution in [2.45, 2.75) is 44.8 Å². The molecule has 2 N–H and O–H groups in total. The van der Waals surface area contributed by atoms with Crippen LogP contribution in [0.4, 0.5) is 0 Å². The van der Waals surface area contributed by atoms with E-state index in [1.54, 1.807) is 16.7 Å². The Balaban J connectivity index is 0.00000300. The topological polar surface area (TPSA) is 85.1 Å². The summed E-state index contributed by atoms with van der Waals surface area (Å²) in [6.45, 7) is 6.92. The van der Waals surface area contributed by atoms with Crippen LogP contribution in [-0.2, 0) is 20.7 Å². The normalized spacial score (nSPS) is 19.8. The molecule has 2 amide bonds. The summed E-state index contributed by atoms with van der Waals surface area (Å²) >= 11 is 0. The number of ether oxygens (including phenoxy) is 2. The molecule has 29 heavy (non-hydrogen) atoms. The van der Waals surface area contributed by atoms with Crippen LogP contribution in [0.2, 0.25) is 0 Å². The molecular formula is C21H32ClN3O4. The zero-order valence-corrected chi connectivity index (χ0v) is 18.1. The van der Waals surface area contributed by atoms with Crippen LogP contribution in [0.1, 0.15) is 32.3 Å². The van der Waals surface area contributed by atoms with E-state index in [1.807, 2.05) is 24.3 Å². The summed E-state index contributed by atoms with van der Waals surface area (Å²) in [5.41, 5.74) is 6.71. The van der Waals surface area contributed by atoms with Crippen LogP contribution in [0.15, 0.2) is 24.3 Å². The number of hydrogen-bond donors (Lipinski definition) is 1. The Bertz CT molecular complexity index is 684. The van der Waals surface area contributed by atoms with E-state index in [9.17, 15) is 9.59 Å². The second-order valence-corrected chi connectivity index (χ2v) is 7.64. The third-order valence-electron chi connectivity index (χ3n) is 5.68. The van der Waals surface area contributed by atoms with Crippen LogP contribution in [0, 0.1) is 0 Å². The number of nitrogens with two attached hydrogens (primary N) is 1. The third-order valence-corrected chi connectivity index (χ3v) is 5.68. The number of benzene rings is 1. The lowest BCUT2D eigenvalue weighted by Gasteiger charge is -2.41. The van der Waals surface area contributed by atoms with E-state index >= 15 is 0 Å². The fourth-order valence-corrected chi connectivity index (χ4v) is 3.71. The molecule has 2 fully saturated rings. The van der Waals surface area contributed by atoms with Gasteiger partial charge in [-0.1, -0.05) is 19.1 Å². The molecule has 0 bridgehead atoms. The zero-order valence-electron chi connectivity index (χ0n) is 17.3. The first kappa shape index (κ1) is 23.4. The highest BCUT2D eigenvalue weighted by Crippen LogP contribution is 2.22. The second-order valence-electron chi connectivity index (χ2n) is 7.64. The van der Waals surface area contributed by atoms with Crippen LogP contribution in [0.3, 0.4) is 0 Å². The highest BCUT2D eigenvalue weighted by Gasteiger charge is 2.40. The van der Waals surface area contributed by atoms with Crippen LogP contribution >= 0.6 is 12.4 Å². The van der Waals surface area contributed by atoms with Crippen molar-refractivity contribution in [3.05, 3.63) is 29.8 Å². The molecule has 2 saturated heterocycles. The zero-order chi connectivity index (χ0) is 20.1. The summed E-state index contributed by atoms with van der Waals surface area (Å²) < 4.78 is 11.1. The van der Waals surface area contributed by atoms with Gasteiger partial charge in [-0.3, -0.25) is 9.59 Å². The summed E-state index contributed by atoms with van der Waals surface area (Å²) in [6, 6.07) is 7.81. The van der Waals surface area contributed by atoms with Gasteiger partial charge >= 0.3 is 0 Å². The molecule has 8 heteroatoms. The number of halogens is 1. The van der Waals surface area contributed by atoms with Crippen LogP contribution < -0.4 is 10.5 Å². The standard InChI is InChI=1S/C21H31N3O4.ClH/c1-3-17-4-6-18(7-5-17)28-16(2)19(25)23-10-12-24(13-11-23)20(26)21(22)8-14-27-15-9-21;/h4-7,16H,3,8-15,22H2,1-2H3;1H. The molecule has 0 aromatic heterocycles. The minimum absolute atomic E-state index is 0. The first-order valence-corrected chi connectivity index (χ1v) is 10.1. The highest BCUT2D eigenvalue weighted by molar-refractivity contribution is 5.87. The fraction of sp³-hybridized carbons (Fsp3) is 0.619. The largest absolute Gasteiger partial charge is 0.481 e. The summed E-state index contributed by atoms with van der Waals surface area (Å²) in [4.78, 5) is 29.1. The molecule has 162 valence electrons. The minimum Gasteiger partial charge on any atom is -0.481 e. The molecule has 1 aromatic carbocycles. The molecule has 2 aliphatic heterocycles. The van der Waals surface area contributed by atoms with Gasteiger partial charge in [0.25, 0.3) is 5.91 Å². The molecule has 0 radical (unpaired) electrons. The Morgan fingerprint density at radius 3 is 2.21 bits per heavy atom. The Morgan fingerprint density at radius 2 is 1.66 bits per heavy atom. The molecule has 0 saturated carbocycles. The van der Waals surface area contributed by atoms with Crippen molar-refractivity contribution in [1.29, 1.82) is 0 Å². The highest BCUT2D eigenvalue weighted by atomic mass is 35.5. The molecular weight excluding hydrogens is 394 g/mol. The smallest absolute Gasteiger partial charge is 0.263 e. The molecule has 2 heterocycles. The molecule has 0 spiro atoms. The summed E-state index contributed by atoms with van der Waals surface area (Å²) in [7, 11) is 0. The van der Waals surface area contributed by atoms with Crippen molar-refractivity contribution in [1.82, 2.24) is 9.80 Å². The fourth-order valence-electron chi connectivity index (χ4n) is 3.71. The molecule has 2 aliphatic rings. The maximum absolute atomic E-state index is 12.8. The van der Waals surface area contributed by atoms with E-state index in [1.165, 1.54) is 5.56 Å². The predicted octanol–water partition coefficient (Wildman–Crippen LogP) is 1.62. The van der Waals surface area contributed by atoms with Crippen molar-refractivity contribution < 1.29 is 19.1 Å². The molecule has 1 aromatic rings. The van der Waals surface area contributed by atoms with Crippen molar-refractivity contribution in [2.75, 3.05) is 39.4 Å². The molecule has 0 aliphatic carbocycles. The molecule has 1 unspecified atom stereocenters. The van der Waals surface area contributed by atoms with E-state index < -0.39 is 11.6 Å². The van der Waals surface area contributed by atoms with Crippen LogP contribution in [0.5, 0.6) is 5.75 Å². The first-order valence-electron chi connectivity index (χ1n) is 10.1. The van der Waals surface area contributed by atoms with Gasteiger partial charge in [-0.2, -0.15) is 0 Å². The van der Waals surface area contributed by atoms with Gasteiger partial charge in [-0.25, -0.2) is 0 Å². The number of carbonyl (C=O) groups excluding carboxylic acids is 2. The van der Waals surface area contributed by atoms with E-state index in [0.717, 1.165) is 6.42 Å². The van der Waals surface area contributed by atoms with Gasteiger partial charge in [-0.05, 0) is 43.9 Å². The number of carbonyl (C=O) groups is 2. The van der Waals surface area contributed by atoms with E-state index in [2.05, 4.69) is 6.92 Å². The average Bonchev–Trinajstić information content (AvgIpc) is 2.74. The number of rotatable bonds is 5. The van der Waals surface area contributed by atoms with Crippen LogP contribution in [-0.4, -0.2) is 72.6 Å². The lowest BCUT2D eigenvalue weighted by molar-refractivity contribution is -0.147. The van der Waals surface area contributed by atoms with Crippen molar-refractivity contribution in [3.8, 4) is 5.75 Å². The first-order chi connectivity index (χ1) is 13.4. The average molecular weight is 426 g/mol. The number of amides is 2. The monoisotopic (exact) mass is 425 g/mol. The van der Waals surface area contributed by atoms with Gasteiger partial charge in [0.15, 0.2) is 6.10 Å². The van der Waals surface area contributed by atoms with Gasteiger partial charge in [-0.15, -0.1) is 12.4 Å². The van der Waals surface area contributed by atoms with Gasteiger partial charge in [0.05, 0.1) is 5.54 Å². The quantitative estimate of drug-likeness (QED) is 0.774. The minimum atomic E-state index is -0.828. The Kier molecular flexibility index (Phi) is 8.31. The lowest BCUT2D eigenvalue weighted by Crippen LogP contribution is -2.62. The SMILES string of the molecule is CCc1ccc(OC(C)C(=O)N2CCN(C(=O)C3(N)CCOCC3)CC2)cc1.Cl. The Hall–Kier alpha value is -1.83. The summed E-state index contributed by atoms with van der Waals surface area (Å²) in [6.07, 6.45) is 1.50. The van der Waals surface area contributed by atoms with Crippen molar-refractivity contribution in [2.24, 2.45) is 5.73 Å². The molecule has 7 nitrogen and oxygen atoms in total. The van der Waals surface area contributed by atoms with Gasteiger partial charge in [0.1, 0.15) is 5.75 Å². The van der Waals surface area contributed by atoms with Crippen molar-refractivity contribution in [3.63, 3.8) is 0 Å². The van der Waals surface area contributed by atoms with Crippen molar-refractivity contribution >= 4 is 24.2 Å². The number of piperazine rings is 1. The third kappa shape index (κ3) is 5.62. The number of nitrogens with zero attached hydrogens (tertiary/aromatic N) is 2. The molecule has 3 rings (SSSR count). The Labute approximate surface area is 178 Å². The van der Waals surface area contributed by atoms with E-state index in [4.69, 9.17) is 15.2 Å². The Morgan fingerprint density at radius 1 is 1.10 bits per heavy atom. The van der Waals surface area contributed by atoms with E-state index in [0.29, 0.717) is 58.0 Å². The lowest BCUT2D eigenvalue weighted by atomic mass is 9.89. The number of hydrogen-bond acceptors (Lipinski definition) is 5. The van der Waals surface area contributed by atoms with Gasteiger partial charge in [0.2, 0.25) is 5.91 Å². The number of aryl methyl sites for hydroxylation is 1. The van der Waals surface area contributed by atoms with E-state index in [-0.39, 0.29) is 24.2 Å². The van der Waals surface area contributed by atoms with Gasteiger partial charge in [0, 0.05) is 39.4 Å².